The molecule has 7 heteroatoms. The Kier molecular flexibility index (Phi) is 7.80. The molecule has 3 rings (SSSR count). The highest BCUT2D eigenvalue weighted by Crippen LogP contribution is 2.55. The number of piperidine rings is 1. The SMILES string of the molecule is CC[C@H](C)[C@H](NC(=O)N1CCC2(CC1)CN(CC(C)C)C2c1ccc(F)cc1)C(=O)OC. The molecule has 2 aliphatic rings. The third kappa shape index (κ3) is 5.08. The molecule has 2 aliphatic heterocycles. The summed E-state index contributed by atoms with van der Waals surface area (Å²) in [5, 5.41) is 2.90. The van der Waals surface area contributed by atoms with Gasteiger partial charge in [-0.15, -0.1) is 0 Å². The summed E-state index contributed by atoms with van der Waals surface area (Å²) in [6.45, 7) is 11.7. The van der Waals surface area contributed by atoms with E-state index in [1.54, 1.807) is 12.1 Å². The minimum atomic E-state index is -0.634. The highest BCUT2D eigenvalue weighted by atomic mass is 19.1. The highest BCUT2D eigenvalue weighted by Gasteiger charge is 2.54. The quantitative estimate of drug-likeness (QED) is 0.636. The number of carbonyl (C=O) groups is 2. The van der Waals surface area contributed by atoms with E-state index in [2.05, 4.69) is 24.1 Å². The third-order valence-electron chi connectivity index (χ3n) is 7.24. The molecule has 2 heterocycles. The van der Waals surface area contributed by atoms with Gasteiger partial charge in [0.15, 0.2) is 0 Å². The van der Waals surface area contributed by atoms with Crippen LogP contribution in [0.25, 0.3) is 0 Å². The van der Waals surface area contributed by atoms with Gasteiger partial charge in [-0.05, 0) is 42.4 Å². The van der Waals surface area contributed by atoms with Crippen LogP contribution < -0.4 is 5.32 Å². The van der Waals surface area contributed by atoms with Gasteiger partial charge in [0.25, 0.3) is 0 Å². The van der Waals surface area contributed by atoms with Crippen LogP contribution >= 0.6 is 0 Å². The molecule has 0 bridgehead atoms. The summed E-state index contributed by atoms with van der Waals surface area (Å²) in [5.74, 6) is -0.0649. The first-order chi connectivity index (χ1) is 15.2. The van der Waals surface area contributed by atoms with Crippen LogP contribution in [0.5, 0.6) is 0 Å². The number of hydrogen-bond acceptors (Lipinski definition) is 4. The third-order valence-corrected chi connectivity index (χ3v) is 7.24. The molecule has 2 saturated heterocycles. The smallest absolute Gasteiger partial charge is 0.328 e. The van der Waals surface area contributed by atoms with Crippen molar-refractivity contribution in [2.45, 2.75) is 59.0 Å². The fraction of sp³-hybridized carbons (Fsp3) is 0.680. The molecule has 0 aliphatic carbocycles. The molecule has 178 valence electrons. The van der Waals surface area contributed by atoms with E-state index >= 15 is 0 Å². The van der Waals surface area contributed by atoms with E-state index < -0.39 is 12.0 Å². The van der Waals surface area contributed by atoms with Gasteiger partial charge in [0, 0.05) is 37.6 Å². The number of carbonyl (C=O) groups excluding carboxylic acids is 2. The molecule has 2 amide bonds. The van der Waals surface area contributed by atoms with Crippen molar-refractivity contribution in [3.8, 4) is 0 Å². The normalized spacial score (nSPS) is 22.3. The fourth-order valence-electron chi connectivity index (χ4n) is 5.31. The Hall–Kier alpha value is -2.15. The lowest BCUT2D eigenvalue weighted by Gasteiger charge is -2.61. The van der Waals surface area contributed by atoms with Gasteiger partial charge < -0.3 is 15.0 Å². The van der Waals surface area contributed by atoms with Crippen molar-refractivity contribution >= 4 is 12.0 Å². The highest BCUT2D eigenvalue weighted by molar-refractivity contribution is 5.83. The summed E-state index contributed by atoms with van der Waals surface area (Å²) in [6, 6.07) is 6.30. The maximum absolute atomic E-state index is 13.5. The lowest BCUT2D eigenvalue weighted by molar-refractivity contribution is -0.144. The van der Waals surface area contributed by atoms with Crippen LogP contribution in [0.4, 0.5) is 9.18 Å². The summed E-state index contributed by atoms with van der Waals surface area (Å²) in [7, 11) is 1.35. The zero-order chi connectivity index (χ0) is 23.5. The average molecular weight is 448 g/mol. The number of likely N-dealkylation sites (tertiary alicyclic amines) is 2. The predicted molar refractivity (Wildman–Crippen MR) is 123 cm³/mol. The zero-order valence-electron chi connectivity index (χ0n) is 20.1. The van der Waals surface area contributed by atoms with E-state index in [1.165, 1.54) is 7.11 Å². The van der Waals surface area contributed by atoms with Crippen LogP contribution in [0, 0.1) is 23.1 Å². The Morgan fingerprint density at radius 2 is 1.81 bits per heavy atom. The van der Waals surface area contributed by atoms with Crippen molar-refractivity contribution in [2.24, 2.45) is 17.3 Å². The molecule has 1 aromatic carbocycles. The fourth-order valence-corrected chi connectivity index (χ4v) is 5.31. The Labute approximate surface area is 191 Å². The molecular formula is C25H38FN3O3. The number of ether oxygens (including phenoxy) is 1. The van der Waals surface area contributed by atoms with Crippen LogP contribution in [0.2, 0.25) is 0 Å². The molecule has 6 nitrogen and oxygen atoms in total. The van der Waals surface area contributed by atoms with Crippen LogP contribution in [0.15, 0.2) is 24.3 Å². The van der Waals surface area contributed by atoms with Gasteiger partial charge in [0.2, 0.25) is 0 Å². The zero-order valence-corrected chi connectivity index (χ0v) is 20.1. The summed E-state index contributed by atoms with van der Waals surface area (Å²) in [4.78, 5) is 29.4. The first-order valence-electron chi connectivity index (χ1n) is 11.8. The predicted octanol–water partition coefficient (Wildman–Crippen LogP) is 4.22. The Bertz CT molecular complexity index is 790. The van der Waals surface area contributed by atoms with Gasteiger partial charge in [-0.1, -0.05) is 46.2 Å². The van der Waals surface area contributed by atoms with Crippen molar-refractivity contribution in [2.75, 3.05) is 33.3 Å². The summed E-state index contributed by atoms with van der Waals surface area (Å²) in [6.07, 6.45) is 2.56. The molecular weight excluding hydrogens is 409 g/mol. The van der Waals surface area contributed by atoms with Gasteiger partial charge >= 0.3 is 12.0 Å². The molecule has 1 unspecified atom stereocenters. The number of amides is 2. The van der Waals surface area contributed by atoms with Gasteiger partial charge in [0.05, 0.1) is 7.11 Å². The molecule has 1 spiro atoms. The Morgan fingerprint density at radius 1 is 1.19 bits per heavy atom. The second-order valence-corrected chi connectivity index (χ2v) is 9.96. The van der Waals surface area contributed by atoms with E-state index in [9.17, 15) is 14.0 Å². The van der Waals surface area contributed by atoms with Gasteiger partial charge in [-0.3, -0.25) is 4.90 Å². The molecule has 1 aromatic rings. The molecule has 32 heavy (non-hydrogen) atoms. The van der Waals surface area contributed by atoms with E-state index in [0.29, 0.717) is 19.0 Å². The number of benzene rings is 1. The second kappa shape index (κ2) is 10.2. The van der Waals surface area contributed by atoms with Crippen LogP contribution in [0.3, 0.4) is 0 Å². The molecule has 2 fully saturated rings. The van der Waals surface area contributed by atoms with E-state index in [0.717, 1.165) is 37.9 Å². The van der Waals surface area contributed by atoms with E-state index in [-0.39, 0.29) is 29.2 Å². The molecule has 0 aromatic heterocycles. The number of methoxy groups -OCH3 is 1. The monoisotopic (exact) mass is 447 g/mol. The lowest BCUT2D eigenvalue weighted by Crippen LogP contribution is -2.63. The molecule has 0 radical (unpaired) electrons. The average Bonchev–Trinajstić information content (AvgIpc) is 2.77. The van der Waals surface area contributed by atoms with Crippen LogP contribution in [0.1, 0.15) is 58.6 Å². The first-order valence-corrected chi connectivity index (χ1v) is 11.8. The maximum atomic E-state index is 13.5. The number of hydrogen-bond donors (Lipinski definition) is 1. The van der Waals surface area contributed by atoms with Crippen molar-refractivity contribution in [3.05, 3.63) is 35.6 Å². The molecule has 3 atom stereocenters. The Balaban J connectivity index is 1.67. The standard InChI is InChI=1S/C25H38FN3O3/c1-6-18(4)21(23(30)32-5)27-24(31)28-13-11-25(12-14-28)16-29(15-17(2)3)22(25)19-7-9-20(26)10-8-19/h7-10,17-18,21-22H,6,11-16H2,1-5H3,(H,27,31)/t18-,21-,22?/m0/s1. The Morgan fingerprint density at radius 3 is 2.34 bits per heavy atom. The number of nitrogens with zero attached hydrogens (tertiary/aromatic N) is 2. The van der Waals surface area contributed by atoms with Crippen molar-refractivity contribution in [3.63, 3.8) is 0 Å². The van der Waals surface area contributed by atoms with Crippen LogP contribution in [-0.4, -0.2) is 61.1 Å². The lowest BCUT2D eigenvalue weighted by atomic mass is 9.63. The number of urea groups is 1. The topological polar surface area (TPSA) is 61.9 Å². The minimum Gasteiger partial charge on any atom is -0.467 e. The number of esters is 1. The summed E-state index contributed by atoms with van der Waals surface area (Å²) in [5.41, 5.74) is 1.25. The number of halogens is 1. The summed E-state index contributed by atoms with van der Waals surface area (Å²) < 4.78 is 18.4. The largest absolute Gasteiger partial charge is 0.467 e. The van der Waals surface area contributed by atoms with Gasteiger partial charge in [-0.25, -0.2) is 14.0 Å². The maximum Gasteiger partial charge on any atom is 0.328 e. The first kappa shape index (κ1) is 24.5. The van der Waals surface area contributed by atoms with Crippen molar-refractivity contribution in [1.29, 1.82) is 0 Å². The van der Waals surface area contributed by atoms with Gasteiger partial charge in [-0.2, -0.15) is 0 Å². The minimum absolute atomic E-state index is 0.00149. The second-order valence-electron chi connectivity index (χ2n) is 9.96. The van der Waals surface area contributed by atoms with E-state index in [4.69, 9.17) is 4.74 Å². The number of rotatable bonds is 7. The van der Waals surface area contributed by atoms with E-state index in [1.807, 2.05) is 30.9 Å². The van der Waals surface area contributed by atoms with Gasteiger partial charge in [0.1, 0.15) is 11.9 Å². The molecule has 0 saturated carbocycles. The van der Waals surface area contributed by atoms with Crippen molar-refractivity contribution < 1.29 is 18.7 Å². The van der Waals surface area contributed by atoms with Crippen LogP contribution in [-0.2, 0) is 9.53 Å². The van der Waals surface area contributed by atoms with Crippen molar-refractivity contribution in [1.82, 2.24) is 15.1 Å². The number of nitrogens with one attached hydrogen (secondary N) is 1. The summed E-state index contributed by atoms with van der Waals surface area (Å²) >= 11 is 0. The molecule has 1 N–H and O–H groups in total.